The minimum absolute atomic E-state index is 0.0380. The van der Waals surface area contributed by atoms with E-state index in [1.807, 2.05) is 0 Å². The van der Waals surface area contributed by atoms with Gasteiger partial charge in [0.15, 0.2) is 11.0 Å². The molecule has 0 saturated carbocycles. The average molecular weight is 325 g/mol. The molecule has 0 aromatic carbocycles. The first-order valence-electron chi connectivity index (χ1n) is 6.39. The molecule has 2 aromatic rings. The van der Waals surface area contributed by atoms with Crippen LogP contribution in [-0.2, 0) is 4.74 Å². The summed E-state index contributed by atoms with van der Waals surface area (Å²) in [6, 6.07) is 2.68. The van der Waals surface area contributed by atoms with Crippen molar-refractivity contribution in [2.45, 2.75) is 26.4 Å². The monoisotopic (exact) mass is 324 g/mol. The second kappa shape index (κ2) is 6.23. The van der Waals surface area contributed by atoms with E-state index in [4.69, 9.17) is 16.3 Å². The lowest BCUT2D eigenvalue weighted by atomic mass is 10.2. The summed E-state index contributed by atoms with van der Waals surface area (Å²) in [5.41, 5.74) is -0.624. The number of carbonyl (C=O) groups excluding carboxylic acids is 1. The molecule has 8 heteroatoms. The maximum Gasteiger partial charge on any atom is 0.412 e. The Labute approximate surface area is 131 Å². The largest absolute Gasteiger partial charge is 0.444 e. The van der Waals surface area contributed by atoms with Gasteiger partial charge in [-0.25, -0.2) is 19.2 Å². The molecule has 0 aliphatic carbocycles. The molecule has 2 heterocycles. The van der Waals surface area contributed by atoms with E-state index < -0.39 is 17.5 Å². The van der Waals surface area contributed by atoms with Gasteiger partial charge in [0.05, 0.1) is 0 Å². The number of anilines is 1. The Hall–Kier alpha value is -2.28. The number of ether oxygens (including phenoxy) is 1. The number of aromatic nitrogens is 3. The van der Waals surface area contributed by atoms with Gasteiger partial charge in [-0.3, -0.25) is 10.3 Å². The van der Waals surface area contributed by atoms with Crippen molar-refractivity contribution in [3.63, 3.8) is 0 Å². The first-order valence-corrected chi connectivity index (χ1v) is 6.77. The minimum atomic E-state index is -0.748. The van der Waals surface area contributed by atoms with Crippen molar-refractivity contribution in [2.24, 2.45) is 0 Å². The highest BCUT2D eigenvalue weighted by molar-refractivity contribution is 6.33. The minimum Gasteiger partial charge on any atom is -0.444 e. The quantitative estimate of drug-likeness (QED) is 0.853. The third kappa shape index (κ3) is 3.88. The third-order valence-corrected chi connectivity index (χ3v) is 2.70. The summed E-state index contributed by atoms with van der Waals surface area (Å²) in [5, 5.41) is 2.40. The zero-order valence-electron chi connectivity index (χ0n) is 12.2. The lowest BCUT2D eigenvalue weighted by Gasteiger charge is -2.20. The SMILES string of the molecule is CC(C)(C)OC(=O)Nc1c(Cl)ncnc1-c1ncccc1F. The van der Waals surface area contributed by atoms with Gasteiger partial charge < -0.3 is 4.74 Å². The van der Waals surface area contributed by atoms with Crippen LogP contribution in [0, 0.1) is 5.82 Å². The lowest BCUT2D eigenvalue weighted by Crippen LogP contribution is -2.27. The third-order valence-electron chi connectivity index (χ3n) is 2.41. The van der Waals surface area contributed by atoms with Crippen LogP contribution in [-0.4, -0.2) is 26.6 Å². The van der Waals surface area contributed by atoms with Gasteiger partial charge in [-0.05, 0) is 32.9 Å². The van der Waals surface area contributed by atoms with Gasteiger partial charge in [0.25, 0.3) is 0 Å². The summed E-state index contributed by atoms with van der Waals surface area (Å²) in [6.07, 6.45) is 1.82. The standard InChI is InChI=1S/C14H14ClFN4O2/c1-14(2,3)22-13(21)20-11-10(18-7-19-12(11)15)9-8(16)5-4-6-17-9/h4-7H,1-3H3,(H,20,21). The van der Waals surface area contributed by atoms with Crippen LogP contribution < -0.4 is 5.32 Å². The van der Waals surface area contributed by atoms with Crippen molar-refractivity contribution in [3.05, 3.63) is 35.6 Å². The molecule has 116 valence electrons. The van der Waals surface area contributed by atoms with Crippen molar-refractivity contribution >= 4 is 23.4 Å². The molecule has 0 aliphatic heterocycles. The zero-order chi connectivity index (χ0) is 16.3. The fourth-order valence-corrected chi connectivity index (χ4v) is 1.80. The van der Waals surface area contributed by atoms with Crippen LogP contribution in [0.1, 0.15) is 20.8 Å². The molecular formula is C14H14ClFN4O2. The summed E-state index contributed by atoms with van der Waals surface area (Å²) in [5.74, 6) is -0.593. The van der Waals surface area contributed by atoms with Gasteiger partial charge in [0, 0.05) is 6.20 Å². The fraction of sp³-hybridized carbons (Fsp3) is 0.286. The molecule has 0 saturated heterocycles. The number of hydrogen-bond acceptors (Lipinski definition) is 5. The van der Waals surface area contributed by atoms with Gasteiger partial charge in [-0.1, -0.05) is 11.6 Å². The summed E-state index contributed by atoms with van der Waals surface area (Å²) in [4.78, 5) is 23.5. The average Bonchev–Trinajstić information content (AvgIpc) is 2.40. The van der Waals surface area contributed by atoms with Gasteiger partial charge >= 0.3 is 6.09 Å². The molecule has 0 spiro atoms. The molecule has 22 heavy (non-hydrogen) atoms. The maximum absolute atomic E-state index is 13.9. The van der Waals surface area contributed by atoms with E-state index >= 15 is 0 Å². The first kappa shape index (κ1) is 16.1. The van der Waals surface area contributed by atoms with Gasteiger partial charge in [0.2, 0.25) is 0 Å². The molecule has 2 aromatic heterocycles. The van der Waals surface area contributed by atoms with Crippen molar-refractivity contribution in [1.29, 1.82) is 0 Å². The van der Waals surface area contributed by atoms with Crippen LogP contribution in [0.15, 0.2) is 24.7 Å². The Bertz CT molecular complexity index is 703. The maximum atomic E-state index is 13.9. The fourth-order valence-electron chi connectivity index (χ4n) is 1.62. The number of amides is 1. The molecule has 1 N–H and O–H groups in total. The zero-order valence-corrected chi connectivity index (χ0v) is 13.0. The van der Waals surface area contributed by atoms with Crippen LogP contribution >= 0.6 is 11.6 Å². The molecular weight excluding hydrogens is 311 g/mol. The van der Waals surface area contributed by atoms with E-state index in [-0.39, 0.29) is 22.2 Å². The molecule has 2 rings (SSSR count). The predicted molar refractivity (Wildman–Crippen MR) is 80.1 cm³/mol. The summed E-state index contributed by atoms with van der Waals surface area (Å²) in [6.45, 7) is 5.15. The predicted octanol–water partition coefficient (Wildman–Crippen LogP) is 3.68. The van der Waals surface area contributed by atoms with E-state index in [2.05, 4.69) is 20.3 Å². The Kier molecular flexibility index (Phi) is 4.56. The molecule has 0 unspecified atom stereocenters. The highest BCUT2D eigenvalue weighted by Crippen LogP contribution is 2.31. The molecule has 1 amide bonds. The number of rotatable bonds is 2. The van der Waals surface area contributed by atoms with Crippen LogP contribution in [0.25, 0.3) is 11.4 Å². The van der Waals surface area contributed by atoms with E-state index in [1.165, 1.54) is 18.3 Å². The molecule has 0 atom stereocenters. The smallest absolute Gasteiger partial charge is 0.412 e. The van der Waals surface area contributed by atoms with E-state index in [1.54, 1.807) is 20.8 Å². The second-order valence-electron chi connectivity index (χ2n) is 5.35. The molecule has 0 radical (unpaired) electrons. The Morgan fingerprint density at radius 2 is 2.00 bits per heavy atom. The van der Waals surface area contributed by atoms with E-state index in [0.717, 1.165) is 6.33 Å². The molecule has 6 nitrogen and oxygen atoms in total. The molecule has 0 bridgehead atoms. The number of nitrogens with zero attached hydrogens (tertiary/aromatic N) is 3. The lowest BCUT2D eigenvalue weighted by molar-refractivity contribution is 0.0636. The number of hydrogen-bond donors (Lipinski definition) is 1. The topological polar surface area (TPSA) is 77.0 Å². The summed E-state index contributed by atoms with van der Waals surface area (Å²) < 4.78 is 19.0. The van der Waals surface area contributed by atoms with Crippen LogP contribution in [0.3, 0.4) is 0 Å². The Balaban J connectivity index is 2.40. The van der Waals surface area contributed by atoms with E-state index in [0.29, 0.717) is 0 Å². The summed E-state index contributed by atoms with van der Waals surface area (Å²) >= 11 is 5.98. The van der Waals surface area contributed by atoms with Crippen molar-refractivity contribution in [2.75, 3.05) is 5.32 Å². The summed E-state index contributed by atoms with van der Waals surface area (Å²) in [7, 11) is 0. The van der Waals surface area contributed by atoms with Crippen LogP contribution in [0.5, 0.6) is 0 Å². The highest BCUT2D eigenvalue weighted by Gasteiger charge is 2.21. The van der Waals surface area contributed by atoms with Gasteiger partial charge in [-0.15, -0.1) is 0 Å². The molecule has 0 fully saturated rings. The molecule has 0 aliphatic rings. The van der Waals surface area contributed by atoms with Crippen LogP contribution in [0.4, 0.5) is 14.9 Å². The number of halogens is 2. The van der Waals surface area contributed by atoms with E-state index in [9.17, 15) is 9.18 Å². The van der Waals surface area contributed by atoms with Gasteiger partial charge in [-0.2, -0.15) is 0 Å². The van der Waals surface area contributed by atoms with Crippen LogP contribution in [0.2, 0.25) is 5.15 Å². The Morgan fingerprint density at radius 1 is 1.27 bits per heavy atom. The number of nitrogens with one attached hydrogen (secondary N) is 1. The van der Waals surface area contributed by atoms with Crippen molar-refractivity contribution in [1.82, 2.24) is 15.0 Å². The highest BCUT2D eigenvalue weighted by atomic mass is 35.5. The second-order valence-corrected chi connectivity index (χ2v) is 5.71. The Morgan fingerprint density at radius 3 is 2.64 bits per heavy atom. The number of carbonyl (C=O) groups is 1. The first-order chi connectivity index (χ1) is 10.3. The van der Waals surface area contributed by atoms with Crippen molar-refractivity contribution < 1.29 is 13.9 Å². The normalized spacial score (nSPS) is 11.1. The van der Waals surface area contributed by atoms with Crippen molar-refractivity contribution in [3.8, 4) is 11.4 Å². The van der Waals surface area contributed by atoms with Gasteiger partial charge in [0.1, 0.15) is 29.0 Å². The number of pyridine rings is 1.